The molecular formula is C17H24N2O4. The van der Waals surface area contributed by atoms with Crippen molar-refractivity contribution in [1.29, 1.82) is 0 Å². The number of hydrazine groups is 1. The number of hydrogen-bond donors (Lipinski definition) is 2. The third kappa shape index (κ3) is 4.61. The van der Waals surface area contributed by atoms with Crippen molar-refractivity contribution in [2.45, 2.75) is 39.0 Å². The first-order chi connectivity index (χ1) is 11.2. The molecule has 0 aliphatic heterocycles. The summed E-state index contributed by atoms with van der Waals surface area (Å²) in [7, 11) is 1.53. The lowest BCUT2D eigenvalue weighted by Crippen LogP contribution is -2.46. The smallest absolute Gasteiger partial charge is 0.269 e. The van der Waals surface area contributed by atoms with E-state index in [1.54, 1.807) is 18.2 Å². The molecule has 1 saturated carbocycles. The average Bonchev–Trinajstić information content (AvgIpc) is 2.51. The number of benzene rings is 1. The molecule has 1 aromatic carbocycles. The first-order valence-corrected chi connectivity index (χ1v) is 8.06. The van der Waals surface area contributed by atoms with E-state index in [0.717, 1.165) is 32.1 Å². The second-order valence-corrected chi connectivity index (χ2v) is 5.64. The summed E-state index contributed by atoms with van der Waals surface area (Å²) in [5.74, 6) is 0.626. The van der Waals surface area contributed by atoms with E-state index in [1.165, 1.54) is 7.11 Å². The zero-order valence-electron chi connectivity index (χ0n) is 13.7. The molecule has 0 atom stereocenters. The molecule has 0 radical (unpaired) electrons. The molecule has 0 spiro atoms. The molecule has 6 heteroatoms. The molecule has 0 unspecified atom stereocenters. The molecule has 2 rings (SSSR count). The van der Waals surface area contributed by atoms with Crippen LogP contribution in [0.2, 0.25) is 0 Å². The Balaban J connectivity index is 1.92. The average molecular weight is 320 g/mol. The van der Waals surface area contributed by atoms with Crippen LogP contribution in [0.25, 0.3) is 0 Å². The first-order valence-electron chi connectivity index (χ1n) is 8.06. The molecule has 0 heterocycles. The van der Waals surface area contributed by atoms with Crippen LogP contribution in [0.1, 0.15) is 49.4 Å². The molecule has 0 aromatic heterocycles. The summed E-state index contributed by atoms with van der Waals surface area (Å²) in [5, 5.41) is 0. The summed E-state index contributed by atoms with van der Waals surface area (Å²) in [6.45, 7) is 2.70. The topological polar surface area (TPSA) is 76.7 Å². The zero-order chi connectivity index (χ0) is 16.7. The molecule has 0 bridgehead atoms. The Morgan fingerprint density at radius 3 is 2.61 bits per heavy atom. The maximum absolute atomic E-state index is 12.1. The van der Waals surface area contributed by atoms with Gasteiger partial charge in [0, 0.05) is 11.5 Å². The van der Waals surface area contributed by atoms with E-state index in [-0.39, 0.29) is 17.7 Å². The molecule has 2 N–H and O–H groups in total. The Bertz CT molecular complexity index is 556. The number of ether oxygens (including phenoxy) is 2. The maximum Gasteiger partial charge on any atom is 0.269 e. The summed E-state index contributed by atoms with van der Waals surface area (Å²) >= 11 is 0. The highest BCUT2D eigenvalue weighted by Gasteiger charge is 2.25. The van der Waals surface area contributed by atoms with Gasteiger partial charge in [-0.3, -0.25) is 20.4 Å². The number of rotatable bonds is 7. The van der Waals surface area contributed by atoms with Gasteiger partial charge in [-0.05, 0) is 37.5 Å². The van der Waals surface area contributed by atoms with Crippen molar-refractivity contribution in [2.75, 3.05) is 13.7 Å². The summed E-state index contributed by atoms with van der Waals surface area (Å²) in [6, 6.07) is 4.96. The van der Waals surface area contributed by atoms with Crippen molar-refractivity contribution in [2.24, 2.45) is 5.92 Å². The van der Waals surface area contributed by atoms with E-state index in [9.17, 15) is 9.59 Å². The van der Waals surface area contributed by atoms with Gasteiger partial charge in [0.15, 0.2) is 11.5 Å². The Morgan fingerprint density at radius 2 is 2.00 bits per heavy atom. The third-order valence-electron chi connectivity index (χ3n) is 3.96. The van der Waals surface area contributed by atoms with E-state index in [1.807, 2.05) is 0 Å². The van der Waals surface area contributed by atoms with Crippen LogP contribution < -0.4 is 20.3 Å². The molecule has 1 aromatic rings. The fourth-order valence-electron chi connectivity index (χ4n) is 2.22. The van der Waals surface area contributed by atoms with Gasteiger partial charge in [-0.25, -0.2) is 0 Å². The normalized spacial score (nSPS) is 13.8. The summed E-state index contributed by atoms with van der Waals surface area (Å²) in [5.41, 5.74) is 5.30. The van der Waals surface area contributed by atoms with E-state index in [0.29, 0.717) is 23.7 Å². The van der Waals surface area contributed by atoms with Crippen LogP contribution in [-0.4, -0.2) is 25.5 Å². The number of nitrogens with one attached hydrogen (secondary N) is 2. The summed E-state index contributed by atoms with van der Waals surface area (Å²) < 4.78 is 10.9. The quantitative estimate of drug-likeness (QED) is 0.597. The number of carbonyl (C=O) groups excluding carboxylic acids is 2. The van der Waals surface area contributed by atoms with E-state index in [4.69, 9.17) is 9.47 Å². The lowest BCUT2D eigenvalue weighted by Gasteiger charge is -2.24. The molecule has 2 amide bonds. The third-order valence-corrected chi connectivity index (χ3v) is 3.96. The van der Waals surface area contributed by atoms with Gasteiger partial charge >= 0.3 is 0 Å². The van der Waals surface area contributed by atoms with Crippen molar-refractivity contribution in [3.8, 4) is 11.5 Å². The molecule has 6 nitrogen and oxygen atoms in total. The van der Waals surface area contributed by atoms with Crippen LogP contribution in [0.15, 0.2) is 18.2 Å². The lowest BCUT2D eigenvalue weighted by molar-refractivity contribution is -0.128. The van der Waals surface area contributed by atoms with Gasteiger partial charge in [0.1, 0.15) is 0 Å². The van der Waals surface area contributed by atoms with Gasteiger partial charge in [-0.1, -0.05) is 19.8 Å². The van der Waals surface area contributed by atoms with Crippen LogP contribution in [0.3, 0.4) is 0 Å². The van der Waals surface area contributed by atoms with Gasteiger partial charge in [-0.2, -0.15) is 0 Å². The van der Waals surface area contributed by atoms with Crippen molar-refractivity contribution in [1.82, 2.24) is 10.9 Å². The highest BCUT2D eigenvalue weighted by Crippen LogP contribution is 2.28. The lowest BCUT2D eigenvalue weighted by atomic mass is 9.85. The Morgan fingerprint density at radius 1 is 1.22 bits per heavy atom. The zero-order valence-corrected chi connectivity index (χ0v) is 13.7. The van der Waals surface area contributed by atoms with Crippen LogP contribution in [0, 0.1) is 5.92 Å². The van der Waals surface area contributed by atoms with Crippen LogP contribution in [0.4, 0.5) is 0 Å². The summed E-state index contributed by atoms with van der Waals surface area (Å²) in [6.07, 6.45) is 4.85. The largest absolute Gasteiger partial charge is 0.493 e. The highest BCUT2D eigenvalue weighted by molar-refractivity contribution is 5.96. The molecule has 1 aliphatic rings. The van der Waals surface area contributed by atoms with E-state index in [2.05, 4.69) is 17.8 Å². The molecular weight excluding hydrogens is 296 g/mol. The van der Waals surface area contributed by atoms with Gasteiger partial charge in [0.2, 0.25) is 5.91 Å². The maximum atomic E-state index is 12.1. The van der Waals surface area contributed by atoms with Gasteiger partial charge in [0.25, 0.3) is 5.91 Å². The molecule has 1 fully saturated rings. The molecule has 1 aliphatic carbocycles. The SMILES string of the molecule is CCCCOc1ccc(C(=O)NNC(=O)C2CCC2)cc1OC. The fourth-order valence-corrected chi connectivity index (χ4v) is 2.22. The minimum atomic E-state index is -0.379. The minimum Gasteiger partial charge on any atom is -0.493 e. The monoisotopic (exact) mass is 320 g/mol. The van der Waals surface area contributed by atoms with Crippen molar-refractivity contribution < 1.29 is 19.1 Å². The van der Waals surface area contributed by atoms with Crippen molar-refractivity contribution in [3.63, 3.8) is 0 Å². The van der Waals surface area contributed by atoms with E-state index < -0.39 is 0 Å². The second-order valence-electron chi connectivity index (χ2n) is 5.64. The second kappa shape index (κ2) is 8.41. The number of hydrogen-bond acceptors (Lipinski definition) is 4. The van der Waals surface area contributed by atoms with Crippen LogP contribution in [0.5, 0.6) is 11.5 Å². The fraction of sp³-hybridized carbons (Fsp3) is 0.529. The van der Waals surface area contributed by atoms with E-state index >= 15 is 0 Å². The first kappa shape index (κ1) is 17.1. The Labute approximate surface area is 136 Å². The van der Waals surface area contributed by atoms with Gasteiger partial charge in [0.05, 0.1) is 13.7 Å². The number of amides is 2. The van der Waals surface area contributed by atoms with Crippen molar-refractivity contribution in [3.05, 3.63) is 23.8 Å². The number of methoxy groups -OCH3 is 1. The molecule has 23 heavy (non-hydrogen) atoms. The predicted molar refractivity (Wildman–Crippen MR) is 86.3 cm³/mol. The standard InChI is InChI=1S/C17H24N2O4/c1-3-4-10-23-14-9-8-13(11-15(14)22-2)17(21)19-18-16(20)12-6-5-7-12/h8-9,11-12H,3-7,10H2,1-2H3,(H,18,20)(H,19,21). The van der Waals surface area contributed by atoms with Crippen LogP contribution in [-0.2, 0) is 4.79 Å². The van der Waals surface area contributed by atoms with Crippen molar-refractivity contribution >= 4 is 11.8 Å². The molecule has 0 saturated heterocycles. The van der Waals surface area contributed by atoms with Crippen LogP contribution >= 0.6 is 0 Å². The van der Waals surface area contributed by atoms with Gasteiger partial charge < -0.3 is 9.47 Å². The highest BCUT2D eigenvalue weighted by atomic mass is 16.5. The predicted octanol–water partition coefficient (Wildman–Crippen LogP) is 2.44. The van der Waals surface area contributed by atoms with Gasteiger partial charge in [-0.15, -0.1) is 0 Å². The summed E-state index contributed by atoms with van der Waals surface area (Å²) in [4.78, 5) is 23.8. The Kier molecular flexibility index (Phi) is 6.26. The Hall–Kier alpha value is -2.24. The minimum absolute atomic E-state index is 0.0270. The molecule has 126 valence electrons. The number of carbonyl (C=O) groups is 2. The number of unbranched alkanes of at least 4 members (excludes halogenated alkanes) is 1.